The number of benzene rings is 1. The Morgan fingerprint density at radius 2 is 1.88 bits per heavy atom. The molecule has 0 spiro atoms. The minimum atomic E-state index is -0.843. The fourth-order valence-corrected chi connectivity index (χ4v) is 3.57. The molecule has 0 radical (unpaired) electrons. The molecule has 1 aromatic carbocycles. The minimum absolute atomic E-state index is 0.0328. The van der Waals surface area contributed by atoms with Gasteiger partial charge < -0.3 is 9.84 Å². The normalized spacial score (nSPS) is 20.8. The number of ether oxygens (including phenoxy) is 1. The first kappa shape index (κ1) is 19.6. The van der Waals surface area contributed by atoms with Gasteiger partial charge in [0.2, 0.25) is 0 Å². The number of hydrogen-bond donors (Lipinski definition) is 1. The largest absolute Gasteiger partial charge is 0.481 e. The topological polar surface area (TPSA) is 63.6 Å². The van der Waals surface area contributed by atoms with Crippen LogP contribution in [-0.4, -0.2) is 30.1 Å². The zero-order chi connectivity index (χ0) is 18.4. The van der Waals surface area contributed by atoms with Gasteiger partial charge in [-0.25, -0.2) is 0 Å². The van der Waals surface area contributed by atoms with E-state index in [4.69, 9.17) is 9.84 Å². The van der Waals surface area contributed by atoms with Gasteiger partial charge in [0.15, 0.2) is 0 Å². The molecule has 25 heavy (non-hydrogen) atoms. The summed E-state index contributed by atoms with van der Waals surface area (Å²) in [5.41, 5.74) is 2.70. The number of carboxylic acids is 1. The average molecular weight is 346 g/mol. The number of carbonyl (C=O) groups is 2. The molecule has 4 nitrogen and oxygen atoms in total. The lowest BCUT2D eigenvalue weighted by Crippen LogP contribution is -2.15. The molecule has 1 aliphatic carbocycles. The third-order valence-electron chi connectivity index (χ3n) is 5.07. The summed E-state index contributed by atoms with van der Waals surface area (Å²) in [6.45, 7) is 7.37. The Bertz CT molecular complexity index is 583. The maximum atomic E-state index is 12.3. The van der Waals surface area contributed by atoms with Gasteiger partial charge >= 0.3 is 5.97 Å². The molecule has 0 aliphatic heterocycles. The van der Waals surface area contributed by atoms with Gasteiger partial charge in [0, 0.05) is 18.9 Å². The molecule has 0 saturated heterocycles. The molecule has 1 N–H and O–H groups in total. The van der Waals surface area contributed by atoms with E-state index in [0.29, 0.717) is 24.7 Å². The van der Waals surface area contributed by atoms with E-state index >= 15 is 0 Å². The van der Waals surface area contributed by atoms with Crippen LogP contribution in [0.15, 0.2) is 24.3 Å². The van der Waals surface area contributed by atoms with Crippen LogP contribution in [0.2, 0.25) is 0 Å². The fourth-order valence-electron chi connectivity index (χ4n) is 3.57. The summed E-state index contributed by atoms with van der Waals surface area (Å²) in [7, 11) is 0. The van der Waals surface area contributed by atoms with Crippen LogP contribution in [0.4, 0.5) is 0 Å². The van der Waals surface area contributed by atoms with Crippen LogP contribution in [0, 0.1) is 5.92 Å². The van der Waals surface area contributed by atoms with Crippen LogP contribution >= 0.6 is 0 Å². The van der Waals surface area contributed by atoms with Gasteiger partial charge in [0.1, 0.15) is 5.78 Å². The molecule has 0 aromatic heterocycles. The van der Waals surface area contributed by atoms with Gasteiger partial charge in [-0.05, 0) is 41.7 Å². The average Bonchev–Trinajstić information content (AvgIpc) is 2.91. The Hall–Kier alpha value is -1.68. The van der Waals surface area contributed by atoms with Gasteiger partial charge in [-0.3, -0.25) is 9.59 Å². The predicted octanol–water partition coefficient (Wildman–Crippen LogP) is 4.32. The Balaban J connectivity index is 1.89. The molecule has 1 aromatic rings. The zero-order valence-electron chi connectivity index (χ0n) is 15.6. The number of carbonyl (C=O) groups excluding carboxylic acids is 1. The summed E-state index contributed by atoms with van der Waals surface area (Å²) in [5.74, 6) is -0.107. The van der Waals surface area contributed by atoms with Crippen LogP contribution in [0.25, 0.3) is 0 Å². The first-order chi connectivity index (χ1) is 11.8. The van der Waals surface area contributed by atoms with Crippen molar-refractivity contribution in [2.24, 2.45) is 5.92 Å². The third-order valence-corrected chi connectivity index (χ3v) is 5.07. The zero-order valence-corrected chi connectivity index (χ0v) is 15.6. The van der Waals surface area contributed by atoms with Crippen molar-refractivity contribution in [1.29, 1.82) is 0 Å². The molecular formula is C21H30O4. The van der Waals surface area contributed by atoms with Gasteiger partial charge in [-0.15, -0.1) is 0 Å². The Morgan fingerprint density at radius 3 is 2.48 bits per heavy atom. The highest BCUT2D eigenvalue weighted by molar-refractivity contribution is 5.84. The van der Waals surface area contributed by atoms with E-state index in [1.807, 2.05) is 0 Å². The molecule has 1 fully saturated rings. The maximum absolute atomic E-state index is 12.3. The van der Waals surface area contributed by atoms with Crippen LogP contribution < -0.4 is 0 Å². The molecule has 0 bridgehead atoms. The van der Waals surface area contributed by atoms with Crippen LogP contribution in [0.3, 0.4) is 0 Å². The second kappa shape index (κ2) is 8.61. The summed E-state index contributed by atoms with van der Waals surface area (Å²) < 4.78 is 5.34. The van der Waals surface area contributed by atoms with Crippen molar-refractivity contribution >= 4 is 11.8 Å². The monoisotopic (exact) mass is 346 g/mol. The summed E-state index contributed by atoms with van der Waals surface area (Å²) in [4.78, 5) is 22.7. The van der Waals surface area contributed by atoms with Crippen molar-refractivity contribution in [3.8, 4) is 0 Å². The number of aliphatic carboxylic acids is 1. The quantitative estimate of drug-likeness (QED) is 0.712. The number of carboxylic acid groups (broad SMARTS) is 1. The molecular weight excluding hydrogens is 316 g/mol. The maximum Gasteiger partial charge on any atom is 0.305 e. The molecule has 4 heteroatoms. The van der Waals surface area contributed by atoms with E-state index in [1.165, 1.54) is 11.1 Å². The number of hydrogen-bond acceptors (Lipinski definition) is 3. The number of ketones is 1. The minimum Gasteiger partial charge on any atom is -0.481 e. The number of Topliss-reactive ketones (excluding diaryl/α,β-unsaturated/α-hetero) is 1. The fraction of sp³-hybridized carbons (Fsp3) is 0.619. The van der Waals surface area contributed by atoms with Crippen molar-refractivity contribution in [2.75, 3.05) is 13.2 Å². The highest BCUT2D eigenvalue weighted by Crippen LogP contribution is 2.40. The van der Waals surface area contributed by atoms with E-state index in [2.05, 4.69) is 45.0 Å². The molecule has 0 heterocycles. The van der Waals surface area contributed by atoms with Crippen molar-refractivity contribution < 1.29 is 19.4 Å². The third kappa shape index (κ3) is 5.67. The molecule has 0 amide bonds. The van der Waals surface area contributed by atoms with E-state index in [1.54, 1.807) is 0 Å². The van der Waals surface area contributed by atoms with E-state index < -0.39 is 5.97 Å². The smallest absolute Gasteiger partial charge is 0.305 e. The summed E-state index contributed by atoms with van der Waals surface area (Å²) in [5, 5.41) is 8.58. The second-order valence-electron chi connectivity index (χ2n) is 7.99. The van der Waals surface area contributed by atoms with Gasteiger partial charge in [-0.2, -0.15) is 0 Å². The van der Waals surface area contributed by atoms with E-state index in [0.717, 1.165) is 19.3 Å². The van der Waals surface area contributed by atoms with E-state index in [9.17, 15) is 9.59 Å². The SMILES string of the molecule is CC(C)(C)c1ccc(C2CCC(=O)C2CCCOCCC(=O)O)cc1. The Labute approximate surface area is 150 Å². The van der Waals surface area contributed by atoms with Crippen molar-refractivity contribution in [3.05, 3.63) is 35.4 Å². The molecule has 1 aliphatic rings. The van der Waals surface area contributed by atoms with E-state index in [-0.39, 0.29) is 24.4 Å². The highest BCUT2D eigenvalue weighted by atomic mass is 16.5. The van der Waals surface area contributed by atoms with Crippen LogP contribution in [0.5, 0.6) is 0 Å². The van der Waals surface area contributed by atoms with Crippen molar-refractivity contribution in [2.45, 2.75) is 64.2 Å². The molecule has 2 rings (SSSR count). The summed E-state index contributed by atoms with van der Waals surface area (Å²) >= 11 is 0. The lowest BCUT2D eigenvalue weighted by Gasteiger charge is -2.22. The molecule has 138 valence electrons. The molecule has 2 atom stereocenters. The molecule has 1 saturated carbocycles. The Kier molecular flexibility index (Phi) is 6.77. The predicted molar refractivity (Wildman–Crippen MR) is 97.9 cm³/mol. The first-order valence-electron chi connectivity index (χ1n) is 9.21. The standard InChI is InChI=1S/C21H30O4/c1-21(2,3)16-8-6-15(7-9-16)17-10-11-19(22)18(17)5-4-13-25-14-12-20(23)24/h6-9,17-18H,4-5,10-14H2,1-3H3,(H,23,24). The van der Waals surface area contributed by atoms with Gasteiger partial charge in [-0.1, -0.05) is 45.0 Å². The Morgan fingerprint density at radius 1 is 1.20 bits per heavy atom. The summed E-state index contributed by atoms with van der Waals surface area (Å²) in [6, 6.07) is 8.73. The first-order valence-corrected chi connectivity index (χ1v) is 9.21. The molecule has 2 unspecified atom stereocenters. The van der Waals surface area contributed by atoms with Crippen LogP contribution in [0.1, 0.15) is 69.9 Å². The lowest BCUT2D eigenvalue weighted by atomic mass is 9.82. The summed E-state index contributed by atoms with van der Waals surface area (Å²) in [6.07, 6.45) is 3.24. The lowest BCUT2D eigenvalue weighted by molar-refractivity contribution is -0.138. The van der Waals surface area contributed by atoms with Crippen LogP contribution in [-0.2, 0) is 19.7 Å². The van der Waals surface area contributed by atoms with Gasteiger partial charge in [0.05, 0.1) is 13.0 Å². The highest BCUT2D eigenvalue weighted by Gasteiger charge is 2.35. The second-order valence-corrected chi connectivity index (χ2v) is 7.99. The van der Waals surface area contributed by atoms with Crippen molar-refractivity contribution in [3.63, 3.8) is 0 Å². The van der Waals surface area contributed by atoms with Gasteiger partial charge in [0.25, 0.3) is 0 Å². The van der Waals surface area contributed by atoms with Crippen molar-refractivity contribution in [1.82, 2.24) is 0 Å². The number of rotatable bonds is 8.